The van der Waals surface area contributed by atoms with E-state index in [2.05, 4.69) is 62.1 Å². The van der Waals surface area contributed by atoms with Crippen molar-refractivity contribution in [3.8, 4) is 40.1 Å². The number of nitrogens with zero attached hydrogens (tertiary/aromatic N) is 13. The molecule has 2 saturated carbocycles. The third-order valence-electron chi connectivity index (χ3n) is 14.6. The molecular formula is C50H47FN15S2+. The Kier molecular flexibility index (Phi) is 10.7. The number of fused-ring (bicyclic) bond motifs is 4. The zero-order valence-electron chi connectivity index (χ0n) is 37.7. The molecule has 9 aromatic heterocycles. The summed E-state index contributed by atoms with van der Waals surface area (Å²) in [5, 5.41) is 42.3. The van der Waals surface area contributed by atoms with Gasteiger partial charge in [-0.1, -0.05) is 28.2 Å². The van der Waals surface area contributed by atoms with Gasteiger partial charge in [-0.2, -0.15) is 25.8 Å². The molecular weight excluding hydrogens is 894 g/mol. The first-order valence-electron chi connectivity index (χ1n) is 23.1. The molecule has 15 nitrogen and oxygen atoms in total. The highest BCUT2D eigenvalue weighted by molar-refractivity contribution is 8.00. The van der Waals surface area contributed by atoms with Gasteiger partial charge in [0.15, 0.2) is 5.82 Å². The molecule has 68 heavy (non-hydrogen) atoms. The van der Waals surface area contributed by atoms with Crippen LogP contribution in [0, 0.1) is 54.2 Å². The zero-order valence-corrected chi connectivity index (χ0v) is 39.3. The Morgan fingerprint density at radius 3 is 2.21 bits per heavy atom. The number of nitriles is 2. The number of hydrogen-bond donors (Lipinski definition) is 2. The summed E-state index contributed by atoms with van der Waals surface area (Å²) in [5.41, 5.74) is 9.25. The van der Waals surface area contributed by atoms with Crippen molar-refractivity contribution in [2.24, 2.45) is 11.8 Å². The maximum atomic E-state index is 16.8. The van der Waals surface area contributed by atoms with Crippen molar-refractivity contribution in [1.82, 2.24) is 58.7 Å². The van der Waals surface area contributed by atoms with Crippen LogP contribution in [0.5, 0.6) is 0 Å². The summed E-state index contributed by atoms with van der Waals surface area (Å²) in [4.78, 5) is 11.6. The van der Waals surface area contributed by atoms with E-state index in [1.807, 2.05) is 71.3 Å². The molecule has 0 aromatic carbocycles. The van der Waals surface area contributed by atoms with Crippen molar-refractivity contribution < 1.29 is 9.07 Å². The standard InChI is InChI=1S/C50H47FN15S2/c1-29-42(23-59-65(29)38-8-6-37(54-3)7-9-38)34-14-47(67-45-5-4-10-61-28-56-24-44(45)61)49-36(17-53)27-63(64(49)26-34)40-15-43(51)50(57-21-40)68-46-13-33(25-62-48(46)35(16-52)20-58-62)41-22-60-66(30(41)2)39-11-31-18-55-19-32(31)12-39/h4-5,10,13-15,20-28,31-32,37-39,54-55H,6-9,11-12,18-19H2,1-3H3/q+1/t31-,32+,37?,38?,39?. The maximum absolute atomic E-state index is 16.8. The fourth-order valence-corrected chi connectivity index (χ4v) is 13.2. The minimum Gasteiger partial charge on any atom is -0.317 e. The molecule has 1 aliphatic heterocycles. The molecule has 3 aliphatic rings. The zero-order chi connectivity index (χ0) is 46.2. The molecule has 2 N–H and O–H groups in total. The molecule has 0 spiro atoms. The number of nitrogens with one attached hydrogen (secondary N) is 2. The summed E-state index contributed by atoms with van der Waals surface area (Å²) >= 11 is 2.70. The van der Waals surface area contributed by atoms with Gasteiger partial charge >= 0.3 is 0 Å². The second kappa shape index (κ2) is 17.0. The van der Waals surface area contributed by atoms with Crippen LogP contribution in [0.4, 0.5) is 4.39 Å². The Morgan fingerprint density at radius 2 is 1.50 bits per heavy atom. The lowest BCUT2D eigenvalue weighted by molar-refractivity contribution is -0.667. The quantitative estimate of drug-likeness (QED) is 0.127. The van der Waals surface area contributed by atoms with Gasteiger partial charge < -0.3 is 15.0 Å². The number of pyridine rings is 4. The van der Waals surface area contributed by atoms with Crippen LogP contribution in [0.3, 0.4) is 0 Å². The third-order valence-corrected chi connectivity index (χ3v) is 16.7. The first kappa shape index (κ1) is 42.5. The SMILES string of the molecule is CNC1CCC(n2ncc(-c3cc(Sc4cccn5cncc45)c4c(C#N)c[n+](-c5cnc(Sc6cc(-c7cnn(C8C[C@H]9CNC[C@H]9C8)c7C)cn7ncc(C#N)c67)c(F)c5)n4c3)c2C)CC1. The minimum absolute atomic E-state index is 0.135. The highest BCUT2D eigenvalue weighted by atomic mass is 32.2. The van der Waals surface area contributed by atoms with Gasteiger partial charge in [-0.05, 0) is 109 Å². The minimum atomic E-state index is -0.552. The summed E-state index contributed by atoms with van der Waals surface area (Å²) in [7, 11) is 2.03. The average molecular weight is 941 g/mol. The van der Waals surface area contributed by atoms with E-state index in [9.17, 15) is 10.5 Å². The van der Waals surface area contributed by atoms with E-state index < -0.39 is 5.82 Å². The molecule has 12 rings (SSSR count). The van der Waals surface area contributed by atoms with Crippen molar-refractivity contribution in [2.45, 2.75) is 90.2 Å². The van der Waals surface area contributed by atoms with Crippen molar-refractivity contribution in [2.75, 3.05) is 20.1 Å². The van der Waals surface area contributed by atoms with Gasteiger partial charge in [0.2, 0.25) is 6.20 Å². The van der Waals surface area contributed by atoms with E-state index in [0.29, 0.717) is 62.7 Å². The van der Waals surface area contributed by atoms with Crippen LogP contribution in [0.15, 0.2) is 112 Å². The summed E-state index contributed by atoms with van der Waals surface area (Å²) < 4.78 is 28.5. The van der Waals surface area contributed by atoms with Crippen molar-refractivity contribution >= 4 is 40.1 Å². The molecule has 10 heterocycles. The van der Waals surface area contributed by atoms with Gasteiger partial charge in [-0.25, -0.2) is 18.9 Å². The lowest BCUT2D eigenvalue weighted by atomic mass is 9.91. The lowest BCUT2D eigenvalue weighted by Crippen LogP contribution is -2.36. The van der Waals surface area contributed by atoms with Gasteiger partial charge in [0.25, 0.3) is 5.69 Å². The highest BCUT2D eigenvalue weighted by Crippen LogP contribution is 2.44. The van der Waals surface area contributed by atoms with Crippen molar-refractivity contribution in [3.63, 3.8) is 0 Å². The van der Waals surface area contributed by atoms with Crippen LogP contribution in [-0.4, -0.2) is 74.2 Å². The fraction of sp³-hybridized carbons (Fsp3) is 0.320. The average Bonchev–Trinajstić information content (AvgIpc) is 4.22. The Hall–Kier alpha value is -6.83. The van der Waals surface area contributed by atoms with Gasteiger partial charge in [0, 0.05) is 66.8 Å². The van der Waals surface area contributed by atoms with E-state index in [4.69, 9.17) is 15.2 Å². The molecule has 18 heteroatoms. The van der Waals surface area contributed by atoms with Gasteiger partial charge in [0.05, 0.1) is 72.1 Å². The Balaban J connectivity index is 0.925. The Bertz CT molecular complexity index is 3510. The first-order valence-corrected chi connectivity index (χ1v) is 24.7. The molecule has 0 amide bonds. The maximum Gasteiger partial charge on any atom is 0.257 e. The first-order chi connectivity index (χ1) is 33.3. The van der Waals surface area contributed by atoms with Crippen LogP contribution in [-0.2, 0) is 0 Å². The van der Waals surface area contributed by atoms with Gasteiger partial charge in [-0.15, -0.1) is 4.52 Å². The lowest BCUT2D eigenvalue weighted by Gasteiger charge is -2.29. The molecule has 0 bridgehead atoms. The fourth-order valence-electron chi connectivity index (χ4n) is 11.1. The molecule has 0 radical (unpaired) electrons. The molecule has 3 fully saturated rings. The molecule has 9 aromatic rings. The predicted octanol–water partition coefficient (Wildman–Crippen LogP) is 8.31. The van der Waals surface area contributed by atoms with Crippen molar-refractivity contribution in [3.05, 3.63) is 121 Å². The Labute approximate surface area is 399 Å². The number of halogens is 1. The van der Waals surface area contributed by atoms with Crippen LogP contribution < -0.4 is 15.3 Å². The Morgan fingerprint density at radius 1 is 0.794 bits per heavy atom. The second-order valence-electron chi connectivity index (χ2n) is 18.4. The predicted molar refractivity (Wildman–Crippen MR) is 255 cm³/mol. The van der Waals surface area contributed by atoms with Crippen LogP contribution in [0.2, 0.25) is 0 Å². The topological polar surface area (TPSA) is 163 Å². The van der Waals surface area contributed by atoms with Crippen LogP contribution in [0.25, 0.3) is 44.5 Å². The van der Waals surface area contributed by atoms with E-state index >= 15 is 4.39 Å². The number of rotatable bonds is 10. The molecule has 1 saturated heterocycles. The van der Waals surface area contributed by atoms with Crippen molar-refractivity contribution in [1.29, 1.82) is 10.5 Å². The van der Waals surface area contributed by atoms with E-state index in [0.717, 1.165) is 112 Å². The van der Waals surface area contributed by atoms with E-state index in [1.165, 1.54) is 12.3 Å². The van der Waals surface area contributed by atoms with Crippen LogP contribution in [0.1, 0.15) is 73.1 Å². The molecule has 2 aliphatic carbocycles. The summed E-state index contributed by atoms with van der Waals surface area (Å²) in [6, 6.07) is 15.5. The number of aromatic nitrogens is 11. The molecule has 340 valence electrons. The smallest absolute Gasteiger partial charge is 0.257 e. The molecule has 1 unspecified atom stereocenters. The number of imidazole rings is 1. The van der Waals surface area contributed by atoms with E-state index in [-0.39, 0.29) is 5.03 Å². The summed E-state index contributed by atoms with van der Waals surface area (Å²) in [6.07, 6.45) is 24.7. The van der Waals surface area contributed by atoms with Crippen LogP contribution >= 0.6 is 23.5 Å². The largest absolute Gasteiger partial charge is 0.317 e. The second-order valence-corrected chi connectivity index (χ2v) is 20.5. The highest BCUT2D eigenvalue weighted by Gasteiger charge is 2.39. The van der Waals surface area contributed by atoms with Gasteiger partial charge in [0.1, 0.15) is 34.4 Å². The van der Waals surface area contributed by atoms with Gasteiger partial charge in [-0.3, -0.25) is 9.36 Å². The molecule has 3 atom stereocenters. The van der Waals surface area contributed by atoms with E-state index in [1.54, 1.807) is 39.7 Å². The summed E-state index contributed by atoms with van der Waals surface area (Å²) in [6.45, 7) is 6.36. The summed E-state index contributed by atoms with van der Waals surface area (Å²) in [5.74, 6) is 0.806. The third kappa shape index (κ3) is 7.16. The normalized spacial score (nSPS) is 20.4. The number of hydrogen-bond acceptors (Lipinski definition) is 11. The monoisotopic (exact) mass is 940 g/mol.